The predicted molar refractivity (Wildman–Crippen MR) is 122 cm³/mol. The second-order valence-corrected chi connectivity index (χ2v) is 8.09. The van der Waals surface area contributed by atoms with Crippen LogP contribution in [0.15, 0.2) is 12.2 Å². The standard InChI is InChI=1S/C25H44O6/c1-5-6-7-8-11-14-17-21(22(25(28)31-4)20-24(27)30-3)18-15-12-9-10-13-16-19-23(26)29-2/h15,18,21-22H,5-14,16-17,19-20H2,1-4H3/b18-15+/t21-,22+/m0/s1. The van der Waals surface area contributed by atoms with Crippen molar-refractivity contribution >= 4 is 17.9 Å². The van der Waals surface area contributed by atoms with Crippen LogP contribution < -0.4 is 0 Å². The summed E-state index contributed by atoms with van der Waals surface area (Å²) in [5.74, 6) is -1.44. The number of hydrogen-bond donors (Lipinski definition) is 0. The van der Waals surface area contributed by atoms with E-state index in [2.05, 4.69) is 23.8 Å². The van der Waals surface area contributed by atoms with Gasteiger partial charge in [-0.2, -0.15) is 0 Å². The lowest BCUT2D eigenvalue weighted by Crippen LogP contribution is -2.27. The summed E-state index contributed by atoms with van der Waals surface area (Å²) in [5, 5.41) is 0. The van der Waals surface area contributed by atoms with Crippen molar-refractivity contribution in [1.82, 2.24) is 0 Å². The van der Waals surface area contributed by atoms with Crippen molar-refractivity contribution in [3.05, 3.63) is 12.2 Å². The van der Waals surface area contributed by atoms with E-state index in [4.69, 9.17) is 9.47 Å². The first-order valence-electron chi connectivity index (χ1n) is 11.9. The highest BCUT2D eigenvalue weighted by Gasteiger charge is 2.30. The molecule has 0 radical (unpaired) electrons. The molecule has 180 valence electrons. The third kappa shape index (κ3) is 15.6. The van der Waals surface area contributed by atoms with Gasteiger partial charge in [0.1, 0.15) is 0 Å². The Hall–Kier alpha value is -1.85. The molecule has 2 atom stereocenters. The van der Waals surface area contributed by atoms with Crippen LogP contribution in [0.2, 0.25) is 0 Å². The molecule has 0 heterocycles. The fourth-order valence-corrected chi connectivity index (χ4v) is 3.67. The minimum absolute atomic E-state index is 0.0305. The van der Waals surface area contributed by atoms with E-state index in [0.29, 0.717) is 6.42 Å². The van der Waals surface area contributed by atoms with Gasteiger partial charge in [0.05, 0.1) is 33.7 Å². The number of carbonyl (C=O) groups is 3. The summed E-state index contributed by atoms with van der Waals surface area (Å²) in [6.45, 7) is 2.20. The molecular weight excluding hydrogens is 396 g/mol. The average molecular weight is 441 g/mol. The highest BCUT2D eigenvalue weighted by molar-refractivity contribution is 5.80. The lowest BCUT2D eigenvalue weighted by atomic mass is 9.84. The molecule has 0 amide bonds. The molecule has 0 aromatic carbocycles. The number of hydrogen-bond acceptors (Lipinski definition) is 6. The predicted octanol–water partition coefficient (Wildman–Crippen LogP) is 5.78. The van der Waals surface area contributed by atoms with Gasteiger partial charge < -0.3 is 14.2 Å². The number of rotatable bonds is 19. The maximum Gasteiger partial charge on any atom is 0.309 e. The molecule has 0 saturated heterocycles. The van der Waals surface area contributed by atoms with Gasteiger partial charge in [0.25, 0.3) is 0 Å². The first-order valence-corrected chi connectivity index (χ1v) is 11.9. The Morgan fingerprint density at radius 2 is 1.35 bits per heavy atom. The molecule has 0 spiro atoms. The molecule has 0 bridgehead atoms. The van der Waals surface area contributed by atoms with Gasteiger partial charge in [0.15, 0.2) is 0 Å². The van der Waals surface area contributed by atoms with Crippen molar-refractivity contribution in [3.8, 4) is 0 Å². The Morgan fingerprint density at radius 1 is 0.742 bits per heavy atom. The van der Waals surface area contributed by atoms with E-state index in [-0.39, 0.29) is 30.2 Å². The van der Waals surface area contributed by atoms with Gasteiger partial charge in [-0.1, -0.05) is 70.4 Å². The number of methoxy groups -OCH3 is 3. The zero-order valence-electron chi connectivity index (χ0n) is 20.2. The first kappa shape index (κ1) is 29.1. The summed E-state index contributed by atoms with van der Waals surface area (Å²) in [4.78, 5) is 35.3. The quantitative estimate of drug-likeness (QED) is 0.110. The summed E-state index contributed by atoms with van der Waals surface area (Å²) < 4.78 is 14.4. The molecule has 6 heteroatoms. The van der Waals surface area contributed by atoms with Crippen LogP contribution in [0.25, 0.3) is 0 Å². The van der Waals surface area contributed by atoms with Gasteiger partial charge in [-0.3, -0.25) is 14.4 Å². The SMILES string of the molecule is CCCCCCCC[C@@H](/C=C/CCCCCCC(=O)OC)[C@@H](CC(=O)OC)C(=O)OC. The molecule has 6 nitrogen and oxygen atoms in total. The Kier molecular flexibility index (Phi) is 18.9. The first-order chi connectivity index (χ1) is 15.0. The van der Waals surface area contributed by atoms with E-state index in [1.165, 1.54) is 47.0 Å². The fourth-order valence-electron chi connectivity index (χ4n) is 3.67. The van der Waals surface area contributed by atoms with Gasteiger partial charge >= 0.3 is 17.9 Å². The van der Waals surface area contributed by atoms with E-state index in [9.17, 15) is 14.4 Å². The Labute approximate surface area is 189 Å². The molecule has 0 aliphatic rings. The minimum atomic E-state index is -0.510. The Balaban J connectivity index is 4.68. The van der Waals surface area contributed by atoms with Gasteiger partial charge in [0.2, 0.25) is 0 Å². The summed E-state index contributed by atoms with van der Waals surface area (Å²) in [6.07, 6.45) is 17.5. The molecule has 0 saturated carbocycles. The smallest absolute Gasteiger partial charge is 0.309 e. The highest BCUT2D eigenvalue weighted by atomic mass is 16.5. The van der Waals surface area contributed by atoms with Crippen molar-refractivity contribution in [2.75, 3.05) is 21.3 Å². The molecule has 0 N–H and O–H groups in total. The summed E-state index contributed by atoms with van der Waals surface area (Å²) in [5.41, 5.74) is 0. The van der Waals surface area contributed by atoms with Gasteiger partial charge in [-0.05, 0) is 31.6 Å². The second-order valence-electron chi connectivity index (χ2n) is 8.09. The zero-order valence-corrected chi connectivity index (χ0v) is 20.2. The number of unbranched alkanes of at least 4 members (excludes halogenated alkanes) is 9. The molecule has 0 aromatic heterocycles. The van der Waals surface area contributed by atoms with Crippen molar-refractivity contribution in [3.63, 3.8) is 0 Å². The molecule has 0 aliphatic carbocycles. The minimum Gasteiger partial charge on any atom is -0.469 e. The van der Waals surface area contributed by atoms with E-state index in [1.54, 1.807) is 0 Å². The third-order valence-corrected chi connectivity index (χ3v) is 5.64. The largest absolute Gasteiger partial charge is 0.469 e. The average Bonchev–Trinajstić information content (AvgIpc) is 2.79. The van der Waals surface area contributed by atoms with E-state index in [1.807, 2.05) is 0 Å². The molecule has 0 aliphatic heterocycles. The van der Waals surface area contributed by atoms with Crippen LogP contribution in [0.1, 0.15) is 96.8 Å². The van der Waals surface area contributed by atoms with E-state index in [0.717, 1.165) is 51.4 Å². The third-order valence-electron chi connectivity index (χ3n) is 5.64. The van der Waals surface area contributed by atoms with Crippen LogP contribution in [-0.4, -0.2) is 39.2 Å². The summed E-state index contributed by atoms with van der Waals surface area (Å²) in [6, 6.07) is 0. The van der Waals surface area contributed by atoms with Crippen LogP contribution in [0.5, 0.6) is 0 Å². The van der Waals surface area contributed by atoms with Gasteiger partial charge in [-0.25, -0.2) is 0 Å². The number of carbonyl (C=O) groups excluding carboxylic acids is 3. The molecular formula is C25H44O6. The van der Waals surface area contributed by atoms with Crippen LogP contribution in [-0.2, 0) is 28.6 Å². The zero-order chi connectivity index (χ0) is 23.3. The maximum atomic E-state index is 12.4. The summed E-state index contributed by atoms with van der Waals surface area (Å²) >= 11 is 0. The molecule has 31 heavy (non-hydrogen) atoms. The molecule has 0 rings (SSSR count). The van der Waals surface area contributed by atoms with Gasteiger partial charge in [0, 0.05) is 6.42 Å². The van der Waals surface area contributed by atoms with E-state index >= 15 is 0 Å². The lowest BCUT2D eigenvalue weighted by Gasteiger charge is -2.22. The highest BCUT2D eigenvalue weighted by Crippen LogP contribution is 2.26. The lowest BCUT2D eigenvalue weighted by molar-refractivity contribution is -0.153. The van der Waals surface area contributed by atoms with Crippen molar-refractivity contribution < 1.29 is 28.6 Å². The van der Waals surface area contributed by atoms with Crippen molar-refractivity contribution in [1.29, 1.82) is 0 Å². The number of allylic oxidation sites excluding steroid dienone is 2. The van der Waals surface area contributed by atoms with E-state index < -0.39 is 5.92 Å². The van der Waals surface area contributed by atoms with Crippen LogP contribution in [0, 0.1) is 11.8 Å². The molecule has 0 fully saturated rings. The normalized spacial score (nSPS) is 13.0. The van der Waals surface area contributed by atoms with Crippen molar-refractivity contribution in [2.24, 2.45) is 11.8 Å². The van der Waals surface area contributed by atoms with Crippen molar-refractivity contribution in [2.45, 2.75) is 96.8 Å². The van der Waals surface area contributed by atoms with Gasteiger partial charge in [-0.15, -0.1) is 0 Å². The fraction of sp³-hybridized carbons (Fsp3) is 0.800. The number of esters is 3. The molecule has 0 aromatic rings. The Morgan fingerprint density at radius 3 is 2.00 bits per heavy atom. The number of ether oxygens (including phenoxy) is 3. The second kappa shape index (κ2) is 20.1. The van der Waals surface area contributed by atoms with Crippen LogP contribution in [0.4, 0.5) is 0 Å². The Bertz CT molecular complexity index is 514. The topological polar surface area (TPSA) is 78.9 Å². The summed E-state index contributed by atoms with van der Waals surface area (Å²) in [7, 11) is 4.12. The van der Waals surface area contributed by atoms with Crippen LogP contribution in [0.3, 0.4) is 0 Å². The van der Waals surface area contributed by atoms with Crippen LogP contribution >= 0.6 is 0 Å². The molecule has 0 unspecified atom stereocenters. The monoisotopic (exact) mass is 440 g/mol. The maximum absolute atomic E-state index is 12.4.